The topological polar surface area (TPSA) is 76.1 Å². The normalized spacial score (nSPS) is 13.4. The minimum atomic E-state index is -3.35. The zero-order valence-electron chi connectivity index (χ0n) is 9.13. The van der Waals surface area contributed by atoms with Crippen molar-refractivity contribution in [1.29, 1.82) is 0 Å². The highest BCUT2D eigenvalue weighted by atomic mass is 32.2. The molecule has 5 nitrogen and oxygen atoms in total. The summed E-state index contributed by atoms with van der Waals surface area (Å²) in [5.74, 6) is -0.497. The highest BCUT2D eigenvalue weighted by Crippen LogP contribution is 2.13. The predicted octanol–water partition coefficient (Wildman–Crippen LogP) is 1.29. The Morgan fingerprint density at radius 3 is 2.81 bits per heavy atom. The molecule has 1 rings (SSSR count). The van der Waals surface area contributed by atoms with E-state index in [4.69, 9.17) is 0 Å². The molecule has 0 radical (unpaired) electrons. The molecule has 0 saturated carbocycles. The first kappa shape index (κ1) is 13.1. The first-order valence-electron chi connectivity index (χ1n) is 4.89. The Morgan fingerprint density at radius 2 is 2.31 bits per heavy atom. The number of hydrogen-bond donors (Lipinski definition) is 1. The van der Waals surface area contributed by atoms with Crippen LogP contribution >= 0.6 is 11.3 Å². The lowest BCUT2D eigenvalue weighted by atomic mass is 10.4. The average molecular weight is 262 g/mol. The maximum Gasteiger partial charge on any atom is 0.244 e. The molecule has 0 aliphatic rings. The lowest BCUT2D eigenvalue weighted by Crippen LogP contribution is -2.33. The Kier molecular flexibility index (Phi) is 4.43. The second kappa shape index (κ2) is 5.40. The van der Waals surface area contributed by atoms with Crippen LogP contribution in [0.15, 0.2) is 11.6 Å². The van der Waals surface area contributed by atoms with Gasteiger partial charge in [-0.15, -0.1) is 11.3 Å². The summed E-state index contributed by atoms with van der Waals surface area (Å²) < 4.78 is 23.2. The molecule has 1 N–H and O–H groups in total. The van der Waals surface area contributed by atoms with Crippen molar-refractivity contribution < 1.29 is 13.2 Å². The van der Waals surface area contributed by atoms with E-state index in [1.807, 2.05) is 0 Å². The van der Waals surface area contributed by atoms with Crippen molar-refractivity contribution in [3.63, 3.8) is 0 Å². The number of sulfone groups is 1. The summed E-state index contributed by atoms with van der Waals surface area (Å²) in [5, 5.41) is 3.57. The van der Waals surface area contributed by atoms with E-state index in [2.05, 4.69) is 10.3 Å². The summed E-state index contributed by atoms with van der Waals surface area (Å²) in [4.78, 5) is 15.5. The average Bonchev–Trinajstić information content (AvgIpc) is 2.69. The van der Waals surface area contributed by atoms with Crippen molar-refractivity contribution in [1.82, 2.24) is 4.98 Å². The second-order valence-corrected chi connectivity index (χ2v) is 6.67. The molecule has 0 spiro atoms. The third-order valence-corrected chi connectivity index (χ3v) is 5.02. The summed E-state index contributed by atoms with van der Waals surface area (Å²) in [7, 11) is -3.35. The fraction of sp³-hybridized carbons (Fsp3) is 0.556. The number of carbonyl (C=O) groups is 1. The second-order valence-electron chi connectivity index (χ2n) is 3.34. The highest BCUT2D eigenvalue weighted by Gasteiger charge is 2.27. The first-order valence-corrected chi connectivity index (χ1v) is 7.49. The number of aromatic nitrogens is 1. The number of nitrogens with one attached hydrogen (secondary N) is 1. The first-order chi connectivity index (χ1) is 7.47. The molecule has 1 heterocycles. The van der Waals surface area contributed by atoms with Gasteiger partial charge in [-0.2, -0.15) is 0 Å². The Balaban J connectivity index is 2.68. The molecule has 90 valence electrons. The molecule has 0 aliphatic heterocycles. The quantitative estimate of drug-likeness (QED) is 0.867. The third-order valence-electron chi connectivity index (χ3n) is 2.06. The molecular formula is C9H14N2O3S2. The van der Waals surface area contributed by atoms with Gasteiger partial charge in [0.25, 0.3) is 0 Å². The predicted molar refractivity (Wildman–Crippen MR) is 64.3 cm³/mol. The smallest absolute Gasteiger partial charge is 0.244 e. The van der Waals surface area contributed by atoms with Gasteiger partial charge in [-0.05, 0) is 13.3 Å². The van der Waals surface area contributed by atoms with Crippen molar-refractivity contribution in [3.8, 4) is 0 Å². The minimum Gasteiger partial charge on any atom is -0.301 e. The van der Waals surface area contributed by atoms with Crippen LogP contribution in [0, 0.1) is 0 Å². The van der Waals surface area contributed by atoms with Crippen molar-refractivity contribution in [2.24, 2.45) is 0 Å². The number of hydrogen-bond acceptors (Lipinski definition) is 5. The van der Waals surface area contributed by atoms with E-state index in [1.54, 1.807) is 18.5 Å². The Bertz CT molecular complexity index is 439. The van der Waals surface area contributed by atoms with E-state index >= 15 is 0 Å². The molecule has 0 unspecified atom stereocenters. The molecule has 0 saturated heterocycles. The summed E-state index contributed by atoms with van der Waals surface area (Å²) in [6, 6.07) is 0. The molecule has 1 amide bonds. The fourth-order valence-electron chi connectivity index (χ4n) is 1.12. The highest BCUT2D eigenvalue weighted by molar-refractivity contribution is 7.92. The molecule has 16 heavy (non-hydrogen) atoms. The summed E-state index contributed by atoms with van der Waals surface area (Å²) in [6.07, 6.45) is 2.06. The van der Waals surface area contributed by atoms with Crippen molar-refractivity contribution in [3.05, 3.63) is 11.6 Å². The standard InChI is InChI=1S/C9H14N2O3S2/c1-3-6-16(13,14)7(2)8(12)11-9-10-4-5-15-9/h4-5,7H,3,6H2,1-2H3,(H,10,11,12)/t7-/m1/s1. The lowest BCUT2D eigenvalue weighted by molar-refractivity contribution is -0.115. The summed E-state index contributed by atoms with van der Waals surface area (Å²) in [6.45, 7) is 3.16. The number of carbonyl (C=O) groups excluding carboxylic acids is 1. The fourth-order valence-corrected chi connectivity index (χ4v) is 2.96. The molecule has 7 heteroatoms. The molecule has 0 aromatic carbocycles. The van der Waals surface area contributed by atoms with E-state index in [-0.39, 0.29) is 5.75 Å². The van der Waals surface area contributed by atoms with Gasteiger partial charge in [-0.25, -0.2) is 13.4 Å². The van der Waals surface area contributed by atoms with E-state index in [1.165, 1.54) is 18.3 Å². The minimum absolute atomic E-state index is 0.0272. The summed E-state index contributed by atoms with van der Waals surface area (Å²) >= 11 is 1.25. The maximum absolute atomic E-state index is 11.6. The van der Waals surface area contributed by atoms with Gasteiger partial charge >= 0.3 is 0 Å². The zero-order chi connectivity index (χ0) is 12.2. The van der Waals surface area contributed by atoms with Crippen molar-refractivity contribution in [2.45, 2.75) is 25.5 Å². The van der Waals surface area contributed by atoms with E-state index in [0.29, 0.717) is 11.6 Å². The SMILES string of the molecule is CCCS(=O)(=O)[C@H](C)C(=O)Nc1nccs1. The Labute approximate surface area is 98.8 Å². The summed E-state index contributed by atoms with van der Waals surface area (Å²) in [5.41, 5.74) is 0. The van der Waals surface area contributed by atoms with Gasteiger partial charge in [0, 0.05) is 11.6 Å². The molecule has 0 bridgehead atoms. The van der Waals surface area contributed by atoms with Crippen LogP contribution in [-0.4, -0.2) is 30.3 Å². The lowest BCUT2D eigenvalue weighted by Gasteiger charge is -2.10. The van der Waals surface area contributed by atoms with Crippen molar-refractivity contribution in [2.75, 3.05) is 11.1 Å². The largest absolute Gasteiger partial charge is 0.301 e. The van der Waals surface area contributed by atoms with Crippen LogP contribution in [0.5, 0.6) is 0 Å². The number of thiazole rings is 1. The molecule has 1 atom stereocenters. The maximum atomic E-state index is 11.6. The van der Waals surface area contributed by atoms with Crippen LogP contribution in [0.3, 0.4) is 0 Å². The van der Waals surface area contributed by atoms with E-state index < -0.39 is 21.0 Å². The molecular weight excluding hydrogens is 248 g/mol. The van der Waals surface area contributed by atoms with Gasteiger partial charge < -0.3 is 5.32 Å². The van der Waals surface area contributed by atoms with Crippen LogP contribution in [0.4, 0.5) is 5.13 Å². The molecule has 0 aliphatic carbocycles. The number of rotatable bonds is 5. The van der Waals surface area contributed by atoms with Gasteiger partial charge in [0.05, 0.1) is 5.75 Å². The van der Waals surface area contributed by atoms with Crippen LogP contribution in [-0.2, 0) is 14.6 Å². The molecule has 1 aromatic heterocycles. The van der Waals surface area contributed by atoms with Crippen molar-refractivity contribution >= 4 is 32.2 Å². The Hall–Kier alpha value is -0.950. The van der Waals surface area contributed by atoms with Crippen LogP contribution in [0.25, 0.3) is 0 Å². The monoisotopic (exact) mass is 262 g/mol. The zero-order valence-corrected chi connectivity index (χ0v) is 10.8. The van der Waals surface area contributed by atoms with E-state index in [0.717, 1.165) is 0 Å². The van der Waals surface area contributed by atoms with Crippen LogP contribution in [0.1, 0.15) is 20.3 Å². The van der Waals surface area contributed by atoms with Gasteiger partial charge in [-0.3, -0.25) is 4.79 Å². The number of nitrogens with zero attached hydrogens (tertiary/aromatic N) is 1. The van der Waals surface area contributed by atoms with E-state index in [9.17, 15) is 13.2 Å². The molecule has 1 aromatic rings. The van der Waals surface area contributed by atoms with Crippen LogP contribution in [0.2, 0.25) is 0 Å². The van der Waals surface area contributed by atoms with Gasteiger partial charge in [0.2, 0.25) is 5.91 Å². The number of amides is 1. The number of anilines is 1. The van der Waals surface area contributed by atoms with Gasteiger partial charge in [0.1, 0.15) is 5.25 Å². The third kappa shape index (κ3) is 3.28. The van der Waals surface area contributed by atoms with Gasteiger partial charge in [-0.1, -0.05) is 6.92 Å². The van der Waals surface area contributed by atoms with Crippen LogP contribution < -0.4 is 5.32 Å². The Morgan fingerprint density at radius 1 is 1.62 bits per heavy atom. The molecule has 0 fully saturated rings. The van der Waals surface area contributed by atoms with Gasteiger partial charge in [0.15, 0.2) is 15.0 Å².